The quantitative estimate of drug-likeness (QED) is 0.491. The number of hydrogen-bond acceptors (Lipinski definition) is 5. The fourth-order valence-corrected chi connectivity index (χ4v) is 2.00. The minimum absolute atomic E-state index is 0.00349. The maximum atomic E-state index is 12.1. The van der Waals surface area contributed by atoms with Crippen LogP contribution in [0.2, 0.25) is 0 Å². The van der Waals surface area contributed by atoms with Gasteiger partial charge in [-0.15, -0.1) is 0 Å². The van der Waals surface area contributed by atoms with Gasteiger partial charge in [0.1, 0.15) is 6.61 Å². The summed E-state index contributed by atoms with van der Waals surface area (Å²) in [5, 5.41) is 19.7. The Morgan fingerprint density at radius 1 is 1.32 bits per heavy atom. The van der Waals surface area contributed by atoms with Gasteiger partial charge in [0.25, 0.3) is 5.69 Å². The van der Waals surface area contributed by atoms with E-state index in [9.17, 15) is 14.9 Å². The van der Waals surface area contributed by atoms with Crippen molar-refractivity contribution in [2.45, 2.75) is 13.5 Å². The van der Waals surface area contributed by atoms with E-state index in [-0.39, 0.29) is 23.4 Å². The average Bonchev–Trinajstić information content (AvgIpc) is 2.52. The van der Waals surface area contributed by atoms with Crippen LogP contribution in [0, 0.1) is 28.4 Å². The zero-order valence-corrected chi connectivity index (χ0v) is 11.8. The standard InChI is InChI=1S/C16H12N2O4/c1-11-14(6-3-7-15(11)18(20)21)16(19)22-10-13-5-2-4-12(8-13)9-17/h2-8H,10H2,1H3. The molecular weight excluding hydrogens is 284 g/mol. The topological polar surface area (TPSA) is 93.2 Å². The van der Waals surface area contributed by atoms with Crippen molar-refractivity contribution in [1.82, 2.24) is 0 Å². The molecular formula is C16H12N2O4. The molecule has 0 N–H and O–H groups in total. The second-order valence-corrected chi connectivity index (χ2v) is 4.60. The molecule has 22 heavy (non-hydrogen) atoms. The van der Waals surface area contributed by atoms with Crippen LogP contribution in [0.5, 0.6) is 0 Å². The zero-order valence-electron chi connectivity index (χ0n) is 11.8. The summed E-state index contributed by atoms with van der Waals surface area (Å²) in [6.45, 7) is 1.50. The van der Waals surface area contributed by atoms with Crippen molar-refractivity contribution in [2.24, 2.45) is 0 Å². The van der Waals surface area contributed by atoms with E-state index in [4.69, 9.17) is 10.00 Å². The molecule has 0 bridgehead atoms. The third-order valence-corrected chi connectivity index (χ3v) is 3.15. The predicted molar refractivity (Wildman–Crippen MR) is 78.1 cm³/mol. The number of benzene rings is 2. The Labute approximate surface area is 126 Å². The monoisotopic (exact) mass is 296 g/mol. The van der Waals surface area contributed by atoms with Gasteiger partial charge in [-0.2, -0.15) is 5.26 Å². The first-order valence-corrected chi connectivity index (χ1v) is 6.43. The van der Waals surface area contributed by atoms with Crippen molar-refractivity contribution in [2.75, 3.05) is 0 Å². The smallest absolute Gasteiger partial charge is 0.338 e. The number of nitrogens with zero attached hydrogens (tertiary/aromatic N) is 2. The third-order valence-electron chi connectivity index (χ3n) is 3.15. The molecule has 0 heterocycles. The number of ether oxygens (including phenoxy) is 1. The molecule has 6 nitrogen and oxygen atoms in total. The van der Waals surface area contributed by atoms with Gasteiger partial charge in [0.15, 0.2) is 0 Å². The van der Waals surface area contributed by atoms with E-state index >= 15 is 0 Å². The van der Waals surface area contributed by atoms with Crippen molar-refractivity contribution >= 4 is 11.7 Å². The van der Waals surface area contributed by atoms with Crippen LogP contribution in [0.4, 0.5) is 5.69 Å². The maximum absolute atomic E-state index is 12.1. The summed E-state index contributed by atoms with van der Waals surface area (Å²) in [6.07, 6.45) is 0. The first-order valence-electron chi connectivity index (χ1n) is 6.43. The summed E-state index contributed by atoms with van der Waals surface area (Å²) in [6, 6.07) is 13.0. The Hall–Kier alpha value is -3.20. The number of rotatable bonds is 4. The minimum Gasteiger partial charge on any atom is -0.457 e. The molecule has 6 heteroatoms. The SMILES string of the molecule is Cc1c(C(=O)OCc2cccc(C#N)c2)cccc1[N+](=O)[O-]. The van der Waals surface area contributed by atoms with Gasteiger partial charge in [-0.1, -0.05) is 18.2 Å². The lowest BCUT2D eigenvalue weighted by Crippen LogP contribution is -2.08. The minimum atomic E-state index is -0.636. The van der Waals surface area contributed by atoms with Crippen molar-refractivity contribution in [3.8, 4) is 6.07 Å². The van der Waals surface area contributed by atoms with Crippen molar-refractivity contribution in [1.29, 1.82) is 5.26 Å². The van der Waals surface area contributed by atoms with Crippen LogP contribution in [0.15, 0.2) is 42.5 Å². The highest BCUT2D eigenvalue weighted by Crippen LogP contribution is 2.22. The highest BCUT2D eigenvalue weighted by atomic mass is 16.6. The van der Waals surface area contributed by atoms with E-state index < -0.39 is 10.9 Å². The van der Waals surface area contributed by atoms with Gasteiger partial charge >= 0.3 is 5.97 Å². The second kappa shape index (κ2) is 6.50. The van der Waals surface area contributed by atoms with E-state index in [0.29, 0.717) is 11.1 Å². The third kappa shape index (κ3) is 3.27. The Morgan fingerprint density at radius 3 is 2.73 bits per heavy atom. The Balaban J connectivity index is 2.15. The fourth-order valence-electron chi connectivity index (χ4n) is 2.00. The molecule has 0 aliphatic carbocycles. The van der Waals surface area contributed by atoms with E-state index in [1.165, 1.54) is 25.1 Å². The van der Waals surface area contributed by atoms with Crippen molar-refractivity contribution < 1.29 is 14.5 Å². The Kier molecular flexibility index (Phi) is 4.49. The highest BCUT2D eigenvalue weighted by Gasteiger charge is 2.18. The summed E-state index contributed by atoms with van der Waals surface area (Å²) in [4.78, 5) is 22.4. The van der Waals surface area contributed by atoms with Crippen molar-refractivity contribution in [3.05, 3.63) is 74.8 Å². The number of carbonyl (C=O) groups excluding carboxylic acids is 1. The largest absolute Gasteiger partial charge is 0.457 e. The molecule has 0 aliphatic rings. The lowest BCUT2D eigenvalue weighted by atomic mass is 10.1. The van der Waals surface area contributed by atoms with Crippen LogP contribution in [0.1, 0.15) is 27.0 Å². The summed E-state index contributed by atoms with van der Waals surface area (Å²) in [5.41, 5.74) is 1.45. The average molecular weight is 296 g/mol. The number of esters is 1. The normalized spacial score (nSPS) is 9.82. The second-order valence-electron chi connectivity index (χ2n) is 4.60. The molecule has 0 spiro atoms. The van der Waals surface area contributed by atoms with Gasteiger partial charge in [-0.3, -0.25) is 10.1 Å². The number of nitro benzene ring substituents is 1. The summed E-state index contributed by atoms with van der Waals surface area (Å²) >= 11 is 0. The molecule has 2 rings (SSSR count). The van der Waals surface area contributed by atoms with E-state index in [0.717, 1.165) is 0 Å². The molecule has 0 atom stereocenters. The number of carbonyl (C=O) groups is 1. The molecule has 2 aromatic carbocycles. The zero-order chi connectivity index (χ0) is 16.1. The van der Waals surface area contributed by atoms with Gasteiger partial charge < -0.3 is 4.74 Å². The molecule has 0 fully saturated rings. The number of nitriles is 1. The lowest BCUT2D eigenvalue weighted by molar-refractivity contribution is -0.385. The van der Waals surface area contributed by atoms with Gasteiger partial charge in [0, 0.05) is 11.6 Å². The Bertz CT molecular complexity index is 778. The first-order chi connectivity index (χ1) is 10.5. The number of nitro groups is 1. The molecule has 0 saturated carbocycles. The first kappa shape index (κ1) is 15.2. The highest BCUT2D eigenvalue weighted by molar-refractivity contribution is 5.92. The van der Waals surface area contributed by atoms with Crippen LogP contribution < -0.4 is 0 Å². The predicted octanol–water partition coefficient (Wildman–Crippen LogP) is 3.13. The molecule has 0 unspecified atom stereocenters. The Morgan fingerprint density at radius 2 is 2.05 bits per heavy atom. The number of hydrogen-bond donors (Lipinski definition) is 0. The van der Waals surface area contributed by atoms with Crippen LogP contribution in [0.25, 0.3) is 0 Å². The van der Waals surface area contributed by atoms with Crippen LogP contribution in [-0.4, -0.2) is 10.9 Å². The van der Waals surface area contributed by atoms with E-state index in [1.807, 2.05) is 6.07 Å². The van der Waals surface area contributed by atoms with Gasteiger partial charge in [0.05, 0.1) is 22.1 Å². The lowest BCUT2D eigenvalue weighted by Gasteiger charge is -2.07. The summed E-state index contributed by atoms with van der Waals surface area (Å²) < 4.78 is 5.16. The van der Waals surface area contributed by atoms with Gasteiger partial charge in [-0.05, 0) is 30.7 Å². The molecule has 0 saturated heterocycles. The van der Waals surface area contributed by atoms with Crippen LogP contribution >= 0.6 is 0 Å². The van der Waals surface area contributed by atoms with Crippen molar-refractivity contribution in [3.63, 3.8) is 0 Å². The van der Waals surface area contributed by atoms with Crippen LogP contribution in [-0.2, 0) is 11.3 Å². The summed E-state index contributed by atoms with van der Waals surface area (Å²) in [5.74, 6) is -0.636. The van der Waals surface area contributed by atoms with Crippen LogP contribution in [0.3, 0.4) is 0 Å². The molecule has 0 radical (unpaired) electrons. The molecule has 0 aliphatic heterocycles. The molecule has 2 aromatic rings. The molecule has 0 aromatic heterocycles. The molecule has 0 amide bonds. The van der Waals surface area contributed by atoms with E-state index in [1.54, 1.807) is 24.3 Å². The maximum Gasteiger partial charge on any atom is 0.338 e. The summed E-state index contributed by atoms with van der Waals surface area (Å²) in [7, 11) is 0. The van der Waals surface area contributed by atoms with Gasteiger partial charge in [-0.25, -0.2) is 4.79 Å². The molecule has 110 valence electrons. The van der Waals surface area contributed by atoms with Gasteiger partial charge in [0.2, 0.25) is 0 Å². The van der Waals surface area contributed by atoms with E-state index in [2.05, 4.69) is 0 Å². The fraction of sp³-hybridized carbons (Fsp3) is 0.125.